The predicted molar refractivity (Wildman–Crippen MR) is 65.6 cm³/mol. The number of hydrogen-bond acceptors (Lipinski definition) is 6. The summed E-state index contributed by atoms with van der Waals surface area (Å²) in [5.74, 6) is -1.98. The van der Waals surface area contributed by atoms with Gasteiger partial charge in [0, 0.05) is 0 Å². The fourth-order valence-corrected chi connectivity index (χ4v) is 1.56. The Morgan fingerprint density at radius 3 is 2.95 bits per heavy atom. The zero-order chi connectivity index (χ0) is 14.0. The van der Waals surface area contributed by atoms with E-state index in [1.807, 2.05) is 0 Å². The Bertz CT molecular complexity index is 642. The van der Waals surface area contributed by atoms with Crippen LogP contribution in [0.3, 0.4) is 0 Å². The number of amides is 1. The van der Waals surface area contributed by atoms with Crippen LogP contribution in [0.1, 0.15) is 6.42 Å². The van der Waals surface area contributed by atoms with Crippen LogP contribution in [0.2, 0.25) is 5.15 Å². The van der Waals surface area contributed by atoms with E-state index in [4.69, 9.17) is 22.4 Å². The number of nitrogens with two attached hydrogens (primary N) is 1. The number of carboxylic acids is 1. The number of H-pyrrole nitrogens is 1. The van der Waals surface area contributed by atoms with Crippen molar-refractivity contribution in [1.29, 1.82) is 0 Å². The maximum absolute atomic E-state index is 11.6. The summed E-state index contributed by atoms with van der Waals surface area (Å²) in [7, 11) is 0. The third kappa shape index (κ3) is 2.95. The number of rotatable bonds is 4. The van der Waals surface area contributed by atoms with Gasteiger partial charge in [0.25, 0.3) is 0 Å². The summed E-state index contributed by atoms with van der Waals surface area (Å²) < 4.78 is 0. The SMILES string of the molecule is NC(CC(=O)O)C(=O)Nc1nc(Cl)c2[nH]cnc2n1. The highest BCUT2D eigenvalue weighted by molar-refractivity contribution is 6.33. The first-order valence-corrected chi connectivity index (χ1v) is 5.50. The van der Waals surface area contributed by atoms with Gasteiger partial charge >= 0.3 is 5.97 Å². The molecule has 0 bridgehead atoms. The number of aliphatic carboxylic acids is 1. The van der Waals surface area contributed by atoms with Crippen LogP contribution in [0.25, 0.3) is 11.2 Å². The third-order valence-electron chi connectivity index (χ3n) is 2.21. The van der Waals surface area contributed by atoms with E-state index in [1.54, 1.807) is 0 Å². The first-order valence-electron chi connectivity index (χ1n) is 5.12. The van der Waals surface area contributed by atoms with E-state index in [2.05, 4.69) is 25.3 Å². The van der Waals surface area contributed by atoms with Crippen molar-refractivity contribution in [1.82, 2.24) is 19.9 Å². The lowest BCUT2D eigenvalue weighted by molar-refractivity contribution is -0.138. The van der Waals surface area contributed by atoms with Crippen LogP contribution in [0.15, 0.2) is 6.33 Å². The number of fused-ring (bicyclic) bond motifs is 1. The van der Waals surface area contributed by atoms with Crippen molar-refractivity contribution in [3.8, 4) is 0 Å². The van der Waals surface area contributed by atoms with Gasteiger partial charge in [-0.3, -0.25) is 14.9 Å². The van der Waals surface area contributed by atoms with Crippen LogP contribution in [-0.4, -0.2) is 43.0 Å². The second-order valence-electron chi connectivity index (χ2n) is 3.63. The lowest BCUT2D eigenvalue weighted by atomic mass is 10.2. The maximum Gasteiger partial charge on any atom is 0.305 e. The van der Waals surface area contributed by atoms with E-state index in [0.29, 0.717) is 5.52 Å². The van der Waals surface area contributed by atoms with Crippen LogP contribution in [0.5, 0.6) is 0 Å². The number of hydrogen-bond donors (Lipinski definition) is 4. The molecular weight excluding hydrogens is 276 g/mol. The van der Waals surface area contributed by atoms with Gasteiger partial charge in [-0.25, -0.2) is 4.98 Å². The molecule has 0 aliphatic heterocycles. The minimum absolute atomic E-state index is 0.0876. The van der Waals surface area contributed by atoms with E-state index >= 15 is 0 Å². The number of halogens is 1. The highest BCUT2D eigenvalue weighted by Crippen LogP contribution is 2.18. The molecule has 0 aromatic carbocycles. The van der Waals surface area contributed by atoms with Gasteiger partial charge in [-0.2, -0.15) is 9.97 Å². The average molecular weight is 285 g/mol. The summed E-state index contributed by atoms with van der Waals surface area (Å²) in [4.78, 5) is 36.4. The van der Waals surface area contributed by atoms with Crippen molar-refractivity contribution in [3.05, 3.63) is 11.5 Å². The molecular formula is C9H9ClN6O3. The molecule has 0 saturated heterocycles. The number of carboxylic acid groups (broad SMARTS) is 1. The van der Waals surface area contributed by atoms with Crippen LogP contribution in [-0.2, 0) is 9.59 Å². The molecule has 10 heteroatoms. The number of carbonyl (C=O) groups excluding carboxylic acids is 1. The molecule has 2 rings (SSSR count). The van der Waals surface area contributed by atoms with Crippen molar-refractivity contribution in [2.24, 2.45) is 5.73 Å². The summed E-state index contributed by atoms with van der Waals surface area (Å²) >= 11 is 5.85. The first kappa shape index (κ1) is 13.2. The molecule has 5 N–H and O–H groups in total. The number of imidazole rings is 1. The maximum atomic E-state index is 11.6. The van der Waals surface area contributed by atoms with Gasteiger partial charge in [-0.1, -0.05) is 11.6 Å². The number of aromatic nitrogens is 4. The predicted octanol–water partition coefficient (Wildman–Crippen LogP) is -0.253. The Morgan fingerprint density at radius 2 is 2.26 bits per heavy atom. The van der Waals surface area contributed by atoms with E-state index in [1.165, 1.54) is 6.33 Å². The fraction of sp³-hybridized carbons (Fsp3) is 0.222. The molecule has 19 heavy (non-hydrogen) atoms. The number of nitrogens with one attached hydrogen (secondary N) is 2. The molecule has 0 aliphatic carbocycles. The van der Waals surface area contributed by atoms with Crippen LogP contribution in [0.4, 0.5) is 5.95 Å². The lowest BCUT2D eigenvalue weighted by Crippen LogP contribution is -2.37. The van der Waals surface area contributed by atoms with Crippen molar-refractivity contribution in [3.63, 3.8) is 0 Å². The smallest absolute Gasteiger partial charge is 0.305 e. The van der Waals surface area contributed by atoms with E-state index in [-0.39, 0.29) is 16.7 Å². The Labute approximate surface area is 111 Å². The summed E-state index contributed by atoms with van der Waals surface area (Å²) in [6.07, 6.45) is 0.886. The average Bonchev–Trinajstić information content (AvgIpc) is 2.76. The largest absolute Gasteiger partial charge is 0.481 e. The molecule has 1 unspecified atom stereocenters. The van der Waals surface area contributed by atoms with Gasteiger partial charge in [0.1, 0.15) is 5.52 Å². The van der Waals surface area contributed by atoms with Gasteiger partial charge in [0.05, 0.1) is 18.8 Å². The van der Waals surface area contributed by atoms with E-state index in [0.717, 1.165) is 0 Å². The Kier molecular flexibility index (Phi) is 3.58. The molecule has 100 valence electrons. The number of aromatic amines is 1. The minimum atomic E-state index is -1.20. The van der Waals surface area contributed by atoms with Gasteiger partial charge in [-0.05, 0) is 0 Å². The highest BCUT2D eigenvalue weighted by Gasteiger charge is 2.19. The summed E-state index contributed by atoms with van der Waals surface area (Å²) in [6.45, 7) is 0. The van der Waals surface area contributed by atoms with Gasteiger partial charge < -0.3 is 15.8 Å². The third-order valence-corrected chi connectivity index (χ3v) is 2.48. The van der Waals surface area contributed by atoms with Crippen LogP contribution in [0, 0.1) is 0 Å². The van der Waals surface area contributed by atoms with Crippen molar-refractivity contribution >= 4 is 40.6 Å². The highest BCUT2D eigenvalue weighted by atomic mass is 35.5. The van der Waals surface area contributed by atoms with Gasteiger partial charge in [0.15, 0.2) is 10.8 Å². The van der Waals surface area contributed by atoms with Crippen molar-refractivity contribution in [2.75, 3.05) is 5.32 Å². The quantitative estimate of drug-likeness (QED) is 0.566. The van der Waals surface area contributed by atoms with E-state index < -0.39 is 24.3 Å². The number of anilines is 1. The molecule has 0 aliphatic rings. The first-order chi connectivity index (χ1) is 8.97. The molecule has 0 saturated carbocycles. The minimum Gasteiger partial charge on any atom is -0.481 e. The molecule has 9 nitrogen and oxygen atoms in total. The molecule has 1 amide bonds. The molecule has 1 atom stereocenters. The summed E-state index contributed by atoms with van der Waals surface area (Å²) in [5.41, 5.74) is 6.11. The topological polar surface area (TPSA) is 147 Å². The normalized spacial score (nSPS) is 12.3. The Balaban J connectivity index is 2.16. The van der Waals surface area contributed by atoms with Crippen LogP contribution < -0.4 is 11.1 Å². The molecule has 2 aromatic rings. The molecule has 0 spiro atoms. The molecule has 2 aromatic heterocycles. The lowest BCUT2D eigenvalue weighted by Gasteiger charge is -2.08. The van der Waals surface area contributed by atoms with Crippen LogP contribution >= 0.6 is 11.6 Å². The molecule has 2 heterocycles. The Morgan fingerprint density at radius 1 is 1.53 bits per heavy atom. The Hall–Kier alpha value is -2.26. The van der Waals surface area contributed by atoms with Gasteiger partial charge in [-0.15, -0.1) is 0 Å². The zero-order valence-electron chi connectivity index (χ0n) is 9.42. The van der Waals surface area contributed by atoms with E-state index in [9.17, 15) is 9.59 Å². The van der Waals surface area contributed by atoms with Gasteiger partial charge in [0.2, 0.25) is 11.9 Å². The molecule has 0 radical (unpaired) electrons. The molecule has 0 fully saturated rings. The second-order valence-corrected chi connectivity index (χ2v) is 3.99. The zero-order valence-corrected chi connectivity index (χ0v) is 10.2. The second kappa shape index (κ2) is 5.16. The standard InChI is InChI=1S/C9H9ClN6O3/c10-6-5-7(13-2-12-5)15-9(14-6)16-8(19)3(11)1-4(17)18/h2-3H,1,11H2,(H,17,18)(H2,12,13,14,15,16,19). The summed E-state index contributed by atoms with van der Waals surface area (Å²) in [5, 5.41) is 10.9. The summed E-state index contributed by atoms with van der Waals surface area (Å²) in [6, 6.07) is -1.20. The number of carbonyl (C=O) groups is 2. The van der Waals surface area contributed by atoms with Crippen molar-refractivity contribution in [2.45, 2.75) is 12.5 Å². The number of nitrogens with zero attached hydrogens (tertiary/aromatic N) is 3. The monoisotopic (exact) mass is 284 g/mol. The fourth-order valence-electron chi connectivity index (χ4n) is 1.34. The van der Waals surface area contributed by atoms with Crippen molar-refractivity contribution < 1.29 is 14.7 Å².